The summed E-state index contributed by atoms with van der Waals surface area (Å²) >= 11 is 0. The summed E-state index contributed by atoms with van der Waals surface area (Å²) in [5.74, 6) is 0. The Bertz CT molecular complexity index is 78.1. The van der Waals surface area contributed by atoms with E-state index in [1.54, 1.807) is 0 Å². The fourth-order valence-corrected chi connectivity index (χ4v) is 0.670. The highest BCUT2D eigenvalue weighted by atomic mass is 15.2. The van der Waals surface area contributed by atoms with Gasteiger partial charge in [-0.1, -0.05) is 6.08 Å². The van der Waals surface area contributed by atoms with Crippen molar-refractivity contribution < 1.29 is 0 Å². The number of rotatable bonds is 1. The first-order valence-corrected chi connectivity index (χ1v) is 2.49. The topological polar surface area (TPSA) is 27.0 Å². The zero-order valence-electron chi connectivity index (χ0n) is 4.22. The van der Waals surface area contributed by atoms with Gasteiger partial charge in [0.2, 0.25) is 0 Å². The van der Waals surface area contributed by atoms with Crippen LogP contribution in [0.1, 0.15) is 6.42 Å². The molecule has 0 amide bonds. The Morgan fingerprint density at radius 1 is 1.71 bits per heavy atom. The molecule has 0 atom stereocenters. The zero-order chi connectivity index (χ0) is 5.11. The van der Waals surface area contributed by atoms with Crippen molar-refractivity contribution in [1.82, 2.24) is 10.6 Å². The first kappa shape index (κ1) is 4.65. The summed E-state index contributed by atoms with van der Waals surface area (Å²) in [5, 5.41) is 0. The number of hydrogen-bond acceptors (Lipinski definition) is 1. The van der Waals surface area contributed by atoms with Gasteiger partial charge in [-0.2, -0.15) is 0 Å². The molecule has 1 aliphatic rings. The highest BCUT2D eigenvalue weighted by Gasteiger charge is 1.98. The average Bonchev–Trinajstić information content (AvgIpc) is 2.14. The van der Waals surface area contributed by atoms with E-state index in [4.69, 9.17) is 5.73 Å². The summed E-state index contributed by atoms with van der Waals surface area (Å²) in [5.41, 5.74) is 6.87. The lowest BCUT2D eigenvalue weighted by molar-refractivity contribution is 0.412. The van der Waals surface area contributed by atoms with Crippen molar-refractivity contribution in [1.29, 1.82) is 0 Å². The Kier molecular flexibility index (Phi) is 1.32. The van der Waals surface area contributed by atoms with E-state index in [0.29, 0.717) is 6.67 Å². The molecular formula is C5H9N2. The van der Waals surface area contributed by atoms with Crippen LogP contribution >= 0.6 is 0 Å². The van der Waals surface area contributed by atoms with Crippen molar-refractivity contribution >= 4 is 0 Å². The largest absolute Gasteiger partial charge is 0.364 e. The van der Waals surface area contributed by atoms with Crippen molar-refractivity contribution in [3.8, 4) is 0 Å². The molecule has 0 saturated carbocycles. The molecule has 2 nitrogen and oxygen atoms in total. The van der Waals surface area contributed by atoms with Crippen molar-refractivity contribution in [2.24, 2.45) is 0 Å². The second-order valence-electron chi connectivity index (χ2n) is 1.64. The quantitative estimate of drug-likeness (QED) is 0.466. The van der Waals surface area contributed by atoms with Gasteiger partial charge in [0, 0.05) is 6.54 Å². The Labute approximate surface area is 43.6 Å². The van der Waals surface area contributed by atoms with Gasteiger partial charge in [-0.3, -0.25) is 0 Å². The van der Waals surface area contributed by atoms with Crippen LogP contribution in [0, 0.1) is 0 Å². The van der Waals surface area contributed by atoms with E-state index >= 15 is 0 Å². The Hall–Kier alpha value is -0.500. The molecule has 0 aromatic carbocycles. The number of hydrogen-bond donors (Lipinski definition) is 0. The maximum atomic E-state index is 6.87. The monoisotopic (exact) mass is 97.1 g/mol. The van der Waals surface area contributed by atoms with Gasteiger partial charge in [0.1, 0.15) is 0 Å². The predicted molar refractivity (Wildman–Crippen MR) is 28.4 cm³/mol. The smallest absolute Gasteiger partial charge is 0.0805 e. The number of nitrogens with one attached hydrogen (secondary N) is 1. The van der Waals surface area contributed by atoms with E-state index in [0.717, 1.165) is 13.0 Å². The minimum Gasteiger partial charge on any atom is -0.364 e. The van der Waals surface area contributed by atoms with E-state index < -0.39 is 0 Å². The Balaban J connectivity index is 2.28. The molecule has 0 aliphatic carbocycles. The Morgan fingerprint density at radius 3 is 2.86 bits per heavy atom. The molecule has 7 heavy (non-hydrogen) atoms. The van der Waals surface area contributed by atoms with Gasteiger partial charge in [-0.25, -0.2) is 5.73 Å². The van der Waals surface area contributed by atoms with Crippen molar-refractivity contribution in [2.75, 3.05) is 13.2 Å². The Morgan fingerprint density at radius 2 is 2.57 bits per heavy atom. The molecule has 0 unspecified atom stereocenters. The van der Waals surface area contributed by atoms with E-state index in [1.165, 1.54) is 0 Å². The molecule has 0 spiro atoms. The molecule has 0 bridgehead atoms. The molecule has 0 aromatic rings. The van der Waals surface area contributed by atoms with Crippen LogP contribution in [-0.4, -0.2) is 18.1 Å². The lowest BCUT2D eigenvalue weighted by Gasteiger charge is -2.08. The standard InChI is InChI=1S/C5H9N2/c6-5-7-3-1-2-4-7/h1,3,6H,2,4-5H2. The molecule has 1 aliphatic heterocycles. The fourth-order valence-electron chi connectivity index (χ4n) is 0.670. The maximum Gasteiger partial charge on any atom is 0.0805 e. The third-order valence-corrected chi connectivity index (χ3v) is 1.10. The van der Waals surface area contributed by atoms with Gasteiger partial charge >= 0.3 is 0 Å². The molecule has 1 rings (SSSR count). The van der Waals surface area contributed by atoms with Crippen molar-refractivity contribution in [3.05, 3.63) is 12.3 Å². The van der Waals surface area contributed by atoms with Crippen LogP contribution in [0.15, 0.2) is 12.3 Å². The molecule has 1 N–H and O–H groups in total. The van der Waals surface area contributed by atoms with E-state index in [1.807, 2.05) is 11.1 Å². The van der Waals surface area contributed by atoms with Gasteiger partial charge < -0.3 is 4.90 Å². The molecule has 1 radical (unpaired) electrons. The molecule has 0 aromatic heterocycles. The first-order valence-electron chi connectivity index (χ1n) is 2.49. The lowest BCUT2D eigenvalue weighted by Crippen LogP contribution is -2.15. The summed E-state index contributed by atoms with van der Waals surface area (Å²) in [7, 11) is 0. The van der Waals surface area contributed by atoms with E-state index in [2.05, 4.69) is 6.08 Å². The van der Waals surface area contributed by atoms with E-state index in [9.17, 15) is 0 Å². The molecular weight excluding hydrogens is 88.1 g/mol. The third kappa shape index (κ3) is 0.933. The van der Waals surface area contributed by atoms with Gasteiger partial charge in [0.05, 0.1) is 6.67 Å². The van der Waals surface area contributed by atoms with Crippen LogP contribution in [0.3, 0.4) is 0 Å². The van der Waals surface area contributed by atoms with Crippen LogP contribution in [0.25, 0.3) is 0 Å². The highest BCUT2D eigenvalue weighted by molar-refractivity contribution is 4.89. The van der Waals surface area contributed by atoms with Crippen LogP contribution in [0.4, 0.5) is 0 Å². The molecule has 1 heterocycles. The van der Waals surface area contributed by atoms with Crippen LogP contribution in [-0.2, 0) is 0 Å². The summed E-state index contributed by atoms with van der Waals surface area (Å²) in [6.45, 7) is 1.46. The van der Waals surface area contributed by atoms with Crippen molar-refractivity contribution in [3.63, 3.8) is 0 Å². The highest BCUT2D eigenvalue weighted by Crippen LogP contribution is 1.99. The lowest BCUT2D eigenvalue weighted by atomic mass is 10.5. The molecule has 2 heteroatoms. The normalized spacial score (nSPS) is 18.7. The molecule has 0 fully saturated rings. The first-order chi connectivity index (χ1) is 3.43. The summed E-state index contributed by atoms with van der Waals surface area (Å²) in [4.78, 5) is 1.97. The average molecular weight is 97.1 g/mol. The second-order valence-corrected chi connectivity index (χ2v) is 1.64. The van der Waals surface area contributed by atoms with Crippen LogP contribution in [0.5, 0.6) is 0 Å². The second kappa shape index (κ2) is 1.98. The fraction of sp³-hybridized carbons (Fsp3) is 0.600. The van der Waals surface area contributed by atoms with Gasteiger partial charge in [-0.15, -0.1) is 0 Å². The molecule has 0 saturated heterocycles. The molecule has 39 valence electrons. The van der Waals surface area contributed by atoms with Gasteiger partial charge in [0.25, 0.3) is 0 Å². The van der Waals surface area contributed by atoms with E-state index in [-0.39, 0.29) is 0 Å². The number of nitrogens with zero attached hydrogens (tertiary/aromatic N) is 1. The van der Waals surface area contributed by atoms with Crippen LogP contribution < -0.4 is 5.73 Å². The van der Waals surface area contributed by atoms with Gasteiger partial charge in [-0.05, 0) is 12.6 Å². The minimum atomic E-state index is 0.413. The zero-order valence-corrected chi connectivity index (χ0v) is 4.22. The summed E-state index contributed by atoms with van der Waals surface area (Å²) in [6.07, 6.45) is 5.19. The maximum absolute atomic E-state index is 6.87. The summed E-state index contributed by atoms with van der Waals surface area (Å²) in [6, 6.07) is 0. The SMILES string of the molecule is [NH]CN1C=CCC1. The summed E-state index contributed by atoms with van der Waals surface area (Å²) < 4.78 is 0. The predicted octanol–water partition coefficient (Wildman–Crippen LogP) is 0.446. The van der Waals surface area contributed by atoms with Crippen molar-refractivity contribution in [2.45, 2.75) is 6.42 Å². The van der Waals surface area contributed by atoms with Gasteiger partial charge in [0.15, 0.2) is 0 Å². The third-order valence-electron chi connectivity index (χ3n) is 1.10. The minimum absolute atomic E-state index is 0.413. The van der Waals surface area contributed by atoms with Crippen LogP contribution in [0.2, 0.25) is 0 Å².